The van der Waals surface area contributed by atoms with Crippen LogP contribution in [-0.2, 0) is 0 Å². The van der Waals surface area contributed by atoms with Gasteiger partial charge < -0.3 is 10.2 Å². The summed E-state index contributed by atoms with van der Waals surface area (Å²) in [5.41, 5.74) is 1.40. The molecule has 3 rings (SSSR count). The van der Waals surface area contributed by atoms with E-state index in [-0.39, 0.29) is 11.6 Å². The Morgan fingerprint density at radius 2 is 1.75 bits per heavy atom. The van der Waals surface area contributed by atoms with E-state index in [1.54, 1.807) is 17.0 Å². The number of para-hydroxylation sites is 1. The van der Waals surface area contributed by atoms with Crippen molar-refractivity contribution in [2.75, 3.05) is 18.4 Å². The van der Waals surface area contributed by atoms with Crippen LogP contribution in [0.25, 0.3) is 0 Å². The van der Waals surface area contributed by atoms with Crippen molar-refractivity contribution in [3.05, 3.63) is 64.2 Å². The van der Waals surface area contributed by atoms with Gasteiger partial charge in [-0.2, -0.15) is 0 Å². The smallest absolute Gasteiger partial charge is 0.293 e. The quantitative estimate of drug-likeness (QED) is 0.682. The molecule has 0 atom stereocenters. The number of amides is 1. The molecule has 124 valence electrons. The number of nitrogens with zero attached hydrogens (tertiary/aromatic N) is 2. The lowest BCUT2D eigenvalue weighted by Crippen LogP contribution is -2.35. The van der Waals surface area contributed by atoms with Crippen LogP contribution in [0.15, 0.2) is 48.5 Å². The number of nitrogens with one attached hydrogen (secondary N) is 1. The average Bonchev–Trinajstić information content (AvgIpc) is 2.63. The Balaban J connectivity index is 1.86. The highest BCUT2D eigenvalue weighted by Crippen LogP contribution is 2.29. The minimum Gasteiger partial charge on any atom is -0.350 e. The molecule has 0 aliphatic carbocycles. The molecule has 0 radical (unpaired) electrons. The first-order chi connectivity index (χ1) is 11.6. The molecule has 1 heterocycles. The van der Waals surface area contributed by atoms with Crippen molar-refractivity contribution in [1.82, 2.24) is 4.90 Å². The molecule has 0 spiro atoms. The maximum Gasteiger partial charge on any atom is 0.293 e. The fourth-order valence-corrected chi connectivity index (χ4v) is 2.88. The number of anilines is 2. The first-order valence-corrected chi connectivity index (χ1v) is 8.05. The summed E-state index contributed by atoms with van der Waals surface area (Å²) in [6, 6.07) is 13.8. The largest absolute Gasteiger partial charge is 0.350 e. The Morgan fingerprint density at radius 1 is 1.04 bits per heavy atom. The van der Waals surface area contributed by atoms with E-state index in [0.717, 1.165) is 38.0 Å². The molecule has 0 bridgehead atoms. The molecule has 0 aromatic heterocycles. The van der Waals surface area contributed by atoms with E-state index in [1.807, 2.05) is 30.3 Å². The van der Waals surface area contributed by atoms with Gasteiger partial charge in [0.05, 0.1) is 4.92 Å². The molecule has 0 saturated carbocycles. The molecule has 1 aliphatic heterocycles. The third kappa shape index (κ3) is 3.53. The van der Waals surface area contributed by atoms with E-state index in [4.69, 9.17) is 0 Å². The summed E-state index contributed by atoms with van der Waals surface area (Å²) < 4.78 is 0. The van der Waals surface area contributed by atoms with E-state index in [0.29, 0.717) is 11.3 Å². The zero-order chi connectivity index (χ0) is 16.9. The fourth-order valence-electron chi connectivity index (χ4n) is 2.88. The number of hydrogen-bond acceptors (Lipinski definition) is 4. The predicted octanol–water partition coefficient (Wildman–Crippen LogP) is 3.96. The SMILES string of the molecule is O=C(c1ccc(Nc2ccccc2)c([N+](=O)[O-])c1)N1CCCCC1. The zero-order valence-corrected chi connectivity index (χ0v) is 13.3. The highest BCUT2D eigenvalue weighted by molar-refractivity contribution is 5.96. The molecule has 24 heavy (non-hydrogen) atoms. The van der Waals surface area contributed by atoms with Crippen LogP contribution >= 0.6 is 0 Å². The van der Waals surface area contributed by atoms with Gasteiger partial charge in [0.1, 0.15) is 5.69 Å². The molecule has 1 saturated heterocycles. The predicted molar refractivity (Wildman–Crippen MR) is 92.6 cm³/mol. The van der Waals surface area contributed by atoms with Crippen LogP contribution in [-0.4, -0.2) is 28.8 Å². The molecule has 1 N–H and O–H groups in total. The summed E-state index contributed by atoms with van der Waals surface area (Å²) in [5.74, 6) is -0.135. The lowest BCUT2D eigenvalue weighted by atomic mass is 10.1. The van der Waals surface area contributed by atoms with Crippen molar-refractivity contribution in [2.24, 2.45) is 0 Å². The summed E-state index contributed by atoms with van der Waals surface area (Å²) in [6.45, 7) is 1.44. The van der Waals surface area contributed by atoms with Crippen molar-refractivity contribution in [2.45, 2.75) is 19.3 Å². The molecule has 1 fully saturated rings. The number of nitro benzene ring substituents is 1. The van der Waals surface area contributed by atoms with Gasteiger partial charge >= 0.3 is 0 Å². The van der Waals surface area contributed by atoms with E-state index in [9.17, 15) is 14.9 Å². The molecular formula is C18H19N3O3. The molecular weight excluding hydrogens is 306 g/mol. The number of nitro groups is 1. The van der Waals surface area contributed by atoms with Gasteiger partial charge in [0, 0.05) is 30.4 Å². The molecule has 6 nitrogen and oxygen atoms in total. The number of likely N-dealkylation sites (tertiary alicyclic amines) is 1. The van der Waals surface area contributed by atoms with Gasteiger partial charge in [-0.25, -0.2) is 0 Å². The molecule has 1 amide bonds. The van der Waals surface area contributed by atoms with Gasteiger partial charge in [0.2, 0.25) is 0 Å². The molecule has 0 unspecified atom stereocenters. The monoisotopic (exact) mass is 325 g/mol. The van der Waals surface area contributed by atoms with Crippen LogP contribution in [0.2, 0.25) is 0 Å². The van der Waals surface area contributed by atoms with E-state index < -0.39 is 4.92 Å². The highest BCUT2D eigenvalue weighted by Gasteiger charge is 2.22. The third-order valence-corrected chi connectivity index (χ3v) is 4.14. The van der Waals surface area contributed by atoms with Crippen molar-refractivity contribution >= 4 is 23.0 Å². The maximum absolute atomic E-state index is 12.5. The van der Waals surface area contributed by atoms with Crippen molar-refractivity contribution in [3.8, 4) is 0 Å². The van der Waals surface area contributed by atoms with Gasteiger partial charge in [-0.15, -0.1) is 0 Å². The standard InChI is InChI=1S/C18H19N3O3/c22-18(20-11-5-2-6-12-20)14-9-10-16(17(13-14)21(23)24)19-15-7-3-1-4-8-15/h1,3-4,7-10,13,19H,2,5-6,11-12H2. The van der Waals surface area contributed by atoms with Crippen LogP contribution in [0.5, 0.6) is 0 Å². The summed E-state index contributed by atoms with van der Waals surface area (Å²) in [6.07, 6.45) is 3.10. The number of benzene rings is 2. The van der Waals surface area contributed by atoms with Crippen molar-refractivity contribution in [3.63, 3.8) is 0 Å². The van der Waals surface area contributed by atoms with Gasteiger partial charge in [-0.1, -0.05) is 18.2 Å². The summed E-state index contributed by atoms with van der Waals surface area (Å²) in [5, 5.41) is 14.4. The Morgan fingerprint density at radius 3 is 2.42 bits per heavy atom. The molecule has 2 aromatic rings. The van der Waals surface area contributed by atoms with Crippen molar-refractivity contribution in [1.29, 1.82) is 0 Å². The van der Waals surface area contributed by atoms with Gasteiger partial charge in [-0.3, -0.25) is 14.9 Å². The Hall–Kier alpha value is -2.89. The van der Waals surface area contributed by atoms with Gasteiger partial charge in [0.25, 0.3) is 11.6 Å². The number of carbonyl (C=O) groups excluding carboxylic acids is 1. The molecule has 2 aromatic carbocycles. The summed E-state index contributed by atoms with van der Waals surface area (Å²) >= 11 is 0. The minimum atomic E-state index is -0.460. The van der Waals surface area contributed by atoms with Crippen LogP contribution < -0.4 is 5.32 Å². The Labute approximate surface area is 140 Å². The molecule has 1 aliphatic rings. The van der Waals surface area contributed by atoms with Crippen LogP contribution in [0.1, 0.15) is 29.6 Å². The zero-order valence-electron chi connectivity index (χ0n) is 13.3. The number of piperidine rings is 1. The second-order valence-corrected chi connectivity index (χ2v) is 5.83. The first kappa shape index (κ1) is 16.0. The second kappa shape index (κ2) is 7.12. The van der Waals surface area contributed by atoms with Gasteiger partial charge in [-0.05, 0) is 43.5 Å². The lowest BCUT2D eigenvalue weighted by Gasteiger charge is -2.26. The van der Waals surface area contributed by atoms with E-state index >= 15 is 0 Å². The number of carbonyl (C=O) groups is 1. The van der Waals surface area contributed by atoms with Crippen LogP contribution in [0.3, 0.4) is 0 Å². The second-order valence-electron chi connectivity index (χ2n) is 5.83. The summed E-state index contributed by atoms with van der Waals surface area (Å²) in [4.78, 5) is 25.2. The Kier molecular flexibility index (Phi) is 4.74. The van der Waals surface area contributed by atoms with E-state index in [1.165, 1.54) is 6.07 Å². The minimum absolute atomic E-state index is 0.0956. The lowest BCUT2D eigenvalue weighted by molar-refractivity contribution is -0.383. The topological polar surface area (TPSA) is 75.5 Å². The fraction of sp³-hybridized carbons (Fsp3) is 0.278. The highest BCUT2D eigenvalue weighted by atomic mass is 16.6. The molecule has 6 heteroatoms. The average molecular weight is 325 g/mol. The normalized spacial score (nSPS) is 14.2. The van der Waals surface area contributed by atoms with Crippen molar-refractivity contribution < 1.29 is 9.72 Å². The third-order valence-electron chi connectivity index (χ3n) is 4.14. The van der Waals surface area contributed by atoms with E-state index in [2.05, 4.69) is 5.32 Å². The Bertz CT molecular complexity index is 740. The number of hydrogen-bond donors (Lipinski definition) is 1. The maximum atomic E-state index is 12.5. The number of rotatable bonds is 4. The summed E-state index contributed by atoms with van der Waals surface area (Å²) in [7, 11) is 0. The van der Waals surface area contributed by atoms with Crippen LogP contribution in [0.4, 0.5) is 17.1 Å². The van der Waals surface area contributed by atoms with Gasteiger partial charge in [0.15, 0.2) is 0 Å². The van der Waals surface area contributed by atoms with Crippen LogP contribution in [0, 0.1) is 10.1 Å². The first-order valence-electron chi connectivity index (χ1n) is 8.05.